The number of nitrogens with zero attached hydrogens (tertiary/aromatic N) is 2. The second-order valence-corrected chi connectivity index (χ2v) is 5.25. The molecule has 0 bridgehead atoms. The molecule has 0 radical (unpaired) electrons. The van der Waals surface area contributed by atoms with Gasteiger partial charge in [-0.2, -0.15) is 0 Å². The molecule has 17 heavy (non-hydrogen) atoms. The molecule has 2 rings (SSSR count). The lowest BCUT2D eigenvalue weighted by molar-refractivity contribution is -0.384. The van der Waals surface area contributed by atoms with Crippen LogP contribution in [0.15, 0.2) is 16.6 Å². The average molecular weight is 299 g/mol. The van der Waals surface area contributed by atoms with Crippen LogP contribution in [0.3, 0.4) is 0 Å². The fourth-order valence-electron chi connectivity index (χ4n) is 2.19. The normalized spacial score (nSPS) is 16.0. The zero-order chi connectivity index (χ0) is 12.4. The predicted octanol–water partition coefficient (Wildman–Crippen LogP) is 3.66. The lowest BCUT2D eigenvalue weighted by atomic mass is 10.1. The van der Waals surface area contributed by atoms with Gasteiger partial charge in [-0.3, -0.25) is 10.1 Å². The van der Waals surface area contributed by atoms with Crippen molar-refractivity contribution in [2.45, 2.75) is 26.2 Å². The van der Waals surface area contributed by atoms with E-state index in [1.54, 1.807) is 6.07 Å². The Morgan fingerprint density at radius 2 is 1.94 bits per heavy atom. The molecule has 0 aromatic heterocycles. The van der Waals surface area contributed by atoms with E-state index in [1.165, 1.54) is 6.42 Å². The molecule has 1 fully saturated rings. The van der Waals surface area contributed by atoms with Gasteiger partial charge in [0.1, 0.15) is 5.69 Å². The fraction of sp³-hybridized carbons (Fsp3) is 0.500. The van der Waals surface area contributed by atoms with Crippen LogP contribution in [-0.2, 0) is 0 Å². The van der Waals surface area contributed by atoms with E-state index >= 15 is 0 Å². The molecule has 0 atom stereocenters. The van der Waals surface area contributed by atoms with E-state index in [0.717, 1.165) is 41.7 Å². The highest BCUT2D eigenvalue weighted by Gasteiger charge is 2.22. The average Bonchev–Trinajstić information content (AvgIpc) is 2.33. The number of aryl methyl sites for hydroxylation is 1. The fourth-order valence-corrected chi connectivity index (χ4v) is 2.52. The van der Waals surface area contributed by atoms with E-state index in [-0.39, 0.29) is 10.6 Å². The second kappa shape index (κ2) is 5.04. The van der Waals surface area contributed by atoms with Crippen LogP contribution in [0.2, 0.25) is 0 Å². The predicted molar refractivity (Wildman–Crippen MR) is 71.6 cm³/mol. The van der Waals surface area contributed by atoms with Crippen LogP contribution >= 0.6 is 15.9 Å². The van der Waals surface area contributed by atoms with Gasteiger partial charge >= 0.3 is 0 Å². The van der Waals surface area contributed by atoms with Gasteiger partial charge in [0.05, 0.1) is 4.92 Å². The van der Waals surface area contributed by atoms with Gasteiger partial charge < -0.3 is 4.90 Å². The van der Waals surface area contributed by atoms with Gasteiger partial charge in [0.25, 0.3) is 5.69 Å². The molecule has 1 aromatic rings. The monoisotopic (exact) mass is 298 g/mol. The zero-order valence-corrected chi connectivity index (χ0v) is 11.4. The summed E-state index contributed by atoms with van der Waals surface area (Å²) in [6.45, 7) is 3.80. The summed E-state index contributed by atoms with van der Waals surface area (Å²) < 4.78 is 0.796. The molecule has 1 saturated heterocycles. The molecule has 5 heteroatoms. The molecule has 0 saturated carbocycles. The van der Waals surface area contributed by atoms with Crippen molar-refractivity contribution in [3.8, 4) is 0 Å². The van der Waals surface area contributed by atoms with Crippen LogP contribution in [0.1, 0.15) is 24.8 Å². The summed E-state index contributed by atoms with van der Waals surface area (Å²) in [5.74, 6) is 0. The Hall–Kier alpha value is -1.10. The summed E-state index contributed by atoms with van der Waals surface area (Å²) in [6.07, 6.45) is 3.46. The zero-order valence-electron chi connectivity index (χ0n) is 9.78. The minimum Gasteiger partial charge on any atom is -0.366 e. The third-order valence-corrected chi connectivity index (χ3v) is 4.00. The van der Waals surface area contributed by atoms with Crippen LogP contribution in [0.4, 0.5) is 11.4 Å². The summed E-state index contributed by atoms with van der Waals surface area (Å²) in [5.41, 5.74) is 2.00. The molecule has 92 valence electrons. The first-order chi connectivity index (χ1) is 8.09. The smallest absolute Gasteiger partial charge is 0.293 e. The summed E-state index contributed by atoms with van der Waals surface area (Å²) >= 11 is 3.35. The molecule has 4 nitrogen and oxygen atoms in total. The maximum Gasteiger partial charge on any atom is 0.293 e. The number of hydrogen-bond acceptors (Lipinski definition) is 3. The van der Waals surface area contributed by atoms with Crippen molar-refractivity contribution in [1.82, 2.24) is 0 Å². The van der Waals surface area contributed by atoms with Crippen molar-refractivity contribution in [3.63, 3.8) is 0 Å². The lowest BCUT2D eigenvalue weighted by Crippen LogP contribution is -2.30. The van der Waals surface area contributed by atoms with Crippen molar-refractivity contribution >= 4 is 27.3 Å². The van der Waals surface area contributed by atoms with E-state index in [4.69, 9.17) is 0 Å². The molecule has 0 aliphatic carbocycles. The highest BCUT2D eigenvalue weighted by atomic mass is 79.9. The lowest BCUT2D eigenvalue weighted by Gasteiger charge is -2.28. The minimum absolute atomic E-state index is 0.198. The third kappa shape index (κ3) is 2.60. The Morgan fingerprint density at radius 3 is 2.53 bits per heavy atom. The van der Waals surface area contributed by atoms with Gasteiger partial charge in [-0.15, -0.1) is 0 Å². The number of nitro benzene ring substituents is 1. The van der Waals surface area contributed by atoms with Crippen LogP contribution in [0, 0.1) is 17.0 Å². The Bertz CT molecular complexity index is 442. The molecule has 0 amide bonds. The summed E-state index contributed by atoms with van der Waals surface area (Å²) in [7, 11) is 0. The molecule has 1 aliphatic heterocycles. The largest absolute Gasteiger partial charge is 0.366 e. The molecular weight excluding hydrogens is 284 g/mol. The van der Waals surface area contributed by atoms with Crippen molar-refractivity contribution in [2.24, 2.45) is 0 Å². The number of piperidine rings is 1. The Balaban J connectivity index is 2.42. The van der Waals surface area contributed by atoms with Crippen LogP contribution in [0.25, 0.3) is 0 Å². The second-order valence-electron chi connectivity index (χ2n) is 4.39. The highest BCUT2D eigenvalue weighted by molar-refractivity contribution is 9.10. The number of benzene rings is 1. The van der Waals surface area contributed by atoms with Crippen LogP contribution in [0.5, 0.6) is 0 Å². The van der Waals surface area contributed by atoms with Gasteiger partial charge in [0, 0.05) is 23.6 Å². The Kier molecular flexibility index (Phi) is 3.66. The molecule has 1 heterocycles. The molecule has 0 spiro atoms. The maximum atomic E-state index is 11.1. The quantitative estimate of drug-likeness (QED) is 0.618. The van der Waals surface area contributed by atoms with Crippen LogP contribution in [-0.4, -0.2) is 18.0 Å². The summed E-state index contributed by atoms with van der Waals surface area (Å²) in [6, 6.07) is 3.52. The number of rotatable bonds is 2. The number of anilines is 1. The van der Waals surface area contributed by atoms with Gasteiger partial charge in [-0.05, 0) is 37.8 Å². The van der Waals surface area contributed by atoms with Gasteiger partial charge in [0.15, 0.2) is 0 Å². The van der Waals surface area contributed by atoms with Gasteiger partial charge in [0.2, 0.25) is 0 Å². The molecular formula is C12H15BrN2O2. The van der Waals surface area contributed by atoms with Crippen molar-refractivity contribution in [1.29, 1.82) is 0 Å². The van der Waals surface area contributed by atoms with E-state index in [2.05, 4.69) is 20.8 Å². The number of nitro groups is 1. The Labute approximate surface area is 109 Å². The Morgan fingerprint density at radius 1 is 1.29 bits per heavy atom. The summed E-state index contributed by atoms with van der Waals surface area (Å²) in [4.78, 5) is 12.9. The van der Waals surface area contributed by atoms with Crippen molar-refractivity contribution < 1.29 is 4.92 Å². The summed E-state index contributed by atoms with van der Waals surface area (Å²) in [5, 5.41) is 11.1. The highest BCUT2D eigenvalue weighted by Crippen LogP contribution is 2.34. The van der Waals surface area contributed by atoms with E-state index in [1.807, 2.05) is 13.0 Å². The molecule has 1 aromatic carbocycles. The maximum absolute atomic E-state index is 11.1. The van der Waals surface area contributed by atoms with E-state index in [0.29, 0.717) is 0 Å². The van der Waals surface area contributed by atoms with E-state index < -0.39 is 0 Å². The third-order valence-electron chi connectivity index (χ3n) is 3.15. The first-order valence-electron chi connectivity index (χ1n) is 5.79. The van der Waals surface area contributed by atoms with Crippen molar-refractivity contribution in [2.75, 3.05) is 18.0 Å². The number of halogens is 1. The molecule has 0 N–H and O–H groups in total. The molecule has 0 unspecified atom stereocenters. The molecule has 1 aliphatic rings. The topological polar surface area (TPSA) is 46.4 Å². The van der Waals surface area contributed by atoms with Gasteiger partial charge in [-0.25, -0.2) is 0 Å². The first kappa shape index (κ1) is 12.4. The standard InChI is InChI=1S/C12H15BrN2O2/c1-9-7-11(14-5-3-2-4-6-14)12(15(16)17)8-10(9)13/h7-8H,2-6H2,1H3. The van der Waals surface area contributed by atoms with Gasteiger partial charge in [-0.1, -0.05) is 15.9 Å². The van der Waals surface area contributed by atoms with Crippen LogP contribution < -0.4 is 4.90 Å². The SMILES string of the molecule is Cc1cc(N2CCCCC2)c([N+](=O)[O-])cc1Br. The minimum atomic E-state index is -0.297. The van der Waals surface area contributed by atoms with Crippen molar-refractivity contribution in [3.05, 3.63) is 32.3 Å². The number of hydrogen-bond donors (Lipinski definition) is 0. The van der Waals surface area contributed by atoms with E-state index in [9.17, 15) is 10.1 Å². The first-order valence-corrected chi connectivity index (χ1v) is 6.58.